The molecule has 1 fully saturated rings. The van der Waals surface area contributed by atoms with Gasteiger partial charge in [-0.3, -0.25) is 4.79 Å². The minimum atomic E-state index is -0.154. The van der Waals surface area contributed by atoms with Gasteiger partial charge in [0.15, 0.2) is 5.78 Å². The van der Waals surface area contributed by atoms with Gasteiger partial charge >= 0.3 is 0 Å². The molecule has 1 spiro atoms. The first-order chi connectivity index (χ1) is 9.74. The summed E-state index contributed by atoms with van der Waals surface area (Å²) in [5.41, 5.74) is 3.25. The number of ether oxygens (including phenoxy) is 1. The molecular formula is C18H16O2. The molecular weight excluding hydrogens is 248 g/mol. The largest absolute Gasteiger partial charge is 0.497 e. The molecule has 2 aromatic rings. The summed E-state index contributed by atoms with van der Waals surface area (Å²) in [7, 11) is 1.67. The molecule has 2 atom stereocenters. The number of hydrogen-bond donors (Lipinski definition) is 0. The lowest BCUT2D eigenvalue weighted by Crippen LogP contribution is -2.12. The highest BCUT2D eigenvalue weighted by Gasteiger charge is 2.63. The molecule has 0 aliphatic heterocycles. The molecule has 2 aliphatic carbocycles. The van der Waals surface area contributed by atoms with Gasteiger partial charge in [-0.1, -0.05) is 36.4 Å². The van der Waals surface area contributed by atoms with Crippen molar-refractivity contribution >= 4 is 5.78 Å². The normalized spacial score (nSPS) is 26.6. The number of methoxy groups -OCH3 is 1. The average Bonchev–Trinajstić information content (AvgIpc) is 3.15. The van der Waals surface area contributed by atoms with Gasteiger partial charge < -0.3 is 4.74 Å². The van der Waals surface area contributed by atoms with Crippen LogP contribution in [0, 0.1) is 5.41 Å². The van der Waals surface area contributed by atoms with Crippen molar-refractivity contribution in [3.05, 3.63) is 65.2 Å². The third-order valence-corrected chi connectivity index (χ3v) is 4.81. The highest BCUT2D eigenvalue weighted by Crippen LogP contribution is 2.65. The van der Waals surface area contributed by atoms with E-state index in [1.165, 1.54) is 11.1 Å². The van der Waals surface area contributed by atoms with Gasteiger partial charge in [0.25, 0.3) is 0 Å². The Morgan fingerprint density at radius 2 is 1.85 bits per heavy atom. The Bertz CT molecular complexity index is 687. The molecule has 0 heterocycles. The molecule has 100 valence electrons. The lowest BCUT2D eigenvalue weighted by Gasteiger charge is -2.08. The van der Waals surface area contributed by atoms with E-state index in [9.17, 15) is 4.79 Å². The highest BCUT2D eigenvalue weighted by molar-refractivity contribution is 6.07. The van der Waals surface area contributed by atoms with Crippen molar-refractivity contribution < 1.29 is 9.53 Å². The number of fused-ring (bicyclic) bond motifs is 1. The molecule has 0 bridgehead atoms. The molecule has 2 heteroatoms. The van der Waals surface area contributed by atoms with E-state index in [-0.39, 0.29) is 5.41 Å². The van der Waals surface area contributed by atoms with Gasteiger partial charge in [-0.15, -0.1) is 0 Å². The van der Waals surface area contributed by atoms with Crippen LogP contribution in [0.3, 0.4) is 0 Å². The summed E-state index contributed by atoms with van der Waals surface area (Å²) < 4.78 is 5.19. The Morgan fingerprint density at radius 3 is 2.55 bits per heavy atom. The number of hydrogen-bond acceptors (Lipinski definition) is 2. The molecule has 2 nitrogen and oxygen atoms in total. The zero-order valence-corrected chi connectivity index (χ0v) is 11.4. The Balaban J connectivity index is 1.65. The van der Waals surface area contributed by atoms with Crippen molar-refractivity contribution in [3.8, 4) is 5.75 Å². The van der Waals surface area contributed by atoms with Crippen molar-refractivity contribution in [1.29, 1.82) is 0 Å². The quantitative estimate of drug-likeness (QED) is 0.828. The van der Waals surface area contributed by atoms with E-state index in [4.69, 9.17) is 4.74 Å². The molecule has 2 aliphatic rings. The highest BCUT2D eigenvalue weighted by atomic mass is 16.5. The Labute approximate surface area is 118 Å². The van der Waals surface area contributed by atoms with Crippen molar-refractivity contribution in [2.45, 2.75) is 18.8 Å². The lowest BCUT2D eigenvalue weighted by atomic mass is 9.95. The van der Waals surface area contributed by atoms with Crippen LogP contribution < -0.4 is 4.74 Å². The summed E-state index contributed by atoms with van der Waals surface area (Å²) in [5.74, 6) is 1.58. The second kappa shape index (κ2) is 3.95. The van der Waals surface area contributed by atoms with Crippen LogP contribution >= 0.6 is 0 Å². The van der Waals surface area contributed by atoms with Gasteiger partial charge in [0, 0.05) is 11.0 Å². The summed E-state index contributed by atoms with van der Waals surface area (Å²) in [5, 5.41) is 0. The van der Waals surface area contributed by atoms with Gasteiger partial charge in [0.2, 0.25) is 0 Å². The van der Waals surface area contributed by atoms with E-state index in [1.54, 1.807) is 7.11 Å². The second-order valence-electron chi connectivity index (χ2n) is 5.85. The van der Waals surface area contributed by atoms with Crippen LogP contribution in [-0.2, 0) is 6.42 Å². The van der Waals surface area contributed by atoms with Gasteiger partial charge in [-0.25, -0.2) is 0 Å². The van der Waals surface area contributed by atoms with Crippen LogP contribution in [0.2, 0.25) is 0 Å². The van der Waals surface area contributed by atoms with Crippen molar-refractivity contribution in [2.24, 2.45) is 5.41 Å². The molecule has 0 unspecified atom stereocenters. The van der Waals surface area contributed by atoms with Crippen LogP contribution in [0.25, 0.3) is 0 Å². The molecule has 1 saturated carbocycles. The maximum Gasteiger partial charge on any atom is 0.170 e. The summed E-state index contributed by atoms with van der Waals surface area (Å²) >= 11 is 0. The smallest absolute Gasteiger partial charge is 0.170 e. The number of carbonyl (C=O) groups excluding carboxylic acids is 1. The summed E-state index contributed by atoms with van der Waals surface area (Å²) in [6, 6.07) is 16.2. The van der Waals surface area contributed by atoms with Gasteiger partial charge in [0.05, 0.1) is 7.11 Å². The van der Waals surface area contributed by atoms with E-state index >= 15 is 0 Å². The fraction of sp³-hybridized carbons (Fsp3) is 0.278. The fourth-order valence-corrected chi connectivity index (χ4v) is 3.61. The van der Waals surface area contributed by atoms with E-state index in [1.807, 2.05) is 30.3 Å². The molecule has 0 aromatic heterocycles. The third-order valence-electron chi connectivity index (χ3n) is 4.81. The molecule has 0 radical (unpaired) electrons. The van der Waals surface area contributed by atoms with Crippen LogP contribution in [-0.4, -0.2) is 12.9 Å². The van der Waals surface area contributed by atoms with Gasteiger partial charge in [-0.05, 0) is 42.0 Å². The average molecular weight is 264 g/mol. The Hall–Kier alpha value is -2.09. The first-order valence-electron chi connectivity index (χ1n) is 7.01. The Morgan fingerprint density at radius 1 is 1.10 bits per heavy atom. The zero-order chi connectivity index (χ0) is 13.7. The minimum Gasteiger partial charge on any atom is -0.497 e. The second-order valence-corrected chi connectivity index (χ2v) is 5.85. The summed E-state index contributed by atoms with van der Waals surface area (Å²) in [6.45, 7) is 0. The number of carbonyl (C=O) groups is 1. The molecule has 20 heavy (non-hydrogen) atoms. The number of benzene rings is 2. The van der Waals surface area contributed by atoms with E-state index in [2.05, 4.69) is 18.2 Å². The van der Waals surface area contributed by atoms with E-state index in [0.29, 0.717) is 11.7 Å². The third kappa shape index (κ3) is 1.48. The molecule has 2 aromatic carbocycles. The standard InChI is InChI=1S/C18H16O2/c1-20-14-8-6-12(7-9-14)16-11-18(16)10-13-4-2-3-5-15(13)17(18)19/h2-9,16H,10-11H2,1H3/t16-,18-/m1/s1. The summed E-state index contributed by atoms with van der Waals surface area (Å²) in [4.78, 5) is 12.7. The first-order valence-corrected chi connectivity index (χ1v) is 7.01. The van der Waals surface area contributed by atoms with Crippen molar-refractivity contribution in [1.82, 2.24) is 0 Å². The van der Waals surface area contributed by atoms with Gasteiger partial charge in [0.1, 0.15) is 5.75 Å². The molecule has 4 rings (SSSR count). The lowest BCUT2D eigenvalue weighted by molar-refractivity contribution is 0.0914. The van der Waals surface area contributed by atoms with Crippen LogP contribution in [0.15, 0.2) is 48.5 Å². The van der Waals surface area contributed by atoms with Crippen LogP contribution in [0.1, 0.15) is 33.8 Å². The van der Waals surface area contributed by atoms with Crippen LogP contribution in [0.5, 0.6) is 5.75 Å². The van der Waals surface area contributed by atoms with E-state index in [0.717, 1.165) is 24.2 Å². The predicted octanol–water partition coefficient (Wildman–Crippen LogP) is 3.61. The van der Waals surface area contributed by atoms with E-state index < -0.39 is 0 Å². The minimum absolute atomic E-state index is 0.154. The first kappa shape index (κ1) is 11.7. The zero-order valence-electron chi connectivity index (χ0n) is 11.4. The SMILES string of the molecule is COc1ccc([C@H]2C[C@]23Cc2ccccc2C3=O)cc1. The topological polar surface area (TPSA) is 26.3 Å². The number of rotatable bonds is 2. The monoisotopic (exact) mass is 264 g/mol. The summed E-state index contributed by atoms with van der Waals surface area (Å²) in [6.07, 6.45) is 1.88. The number of Topliss-reactive ketones (excluding diaryl/α,β-unsaturated/α-hetero) is 1. The number of ketones is 1. The molecule has 0 saturated heterocycles. The molecule has 0 amide bonds. The fourth-order valence-electron chi connectivity index (χ4n) is 3.61. The predicted molar refractivity (Wildman–Crippen MR) is 77.3 cm³/mol. The van der Waals surface area contributed by atoms with Crippen molar-refractivity contribution in [3.63, 3.8) is 0 Å². The molecule has 0 N–H and O–H groups in total. The Kier molecular flexibility index (Phi) is 2.31. The van der Waals surface area contributed by atoms with Crippen LogP contribution in [0.4, 0.5) is 0 Å². The van der Waals surface area contributed by atoms with Gasteiger partial charge in [-0.2, -0.15) is 0 Å². The maximum absolute atomic E-state index is 12.7. The maximum atomic E-state index is 12.7. The van der Waals surface area contributed by atoms with Crippen molar-refractivity contribution in [2.75, 3.05) is 7.11 Å².